The number of hydrogen-bond acceptors (Lipinski definition) is 18. The first kappa shape index (κ1) is 43.0. The molecule has 0 spiro atoms. The fraction of sp³-hybridized carbons (Fsp3) is 0.652. The van der Waals surface area contributed by atoms with Crippen LogP contribution in [0, 0.1) is 5.41 Å². The number of ether oxygens (including phenoxy) is 1. The number of imidazole rings is 1. The molecule has 10 N–H and O–H groups in total. The quantitative estimate of drug-likeness (QED) is 0.0440. The van der Waals surface area contributed by atoms with Gasteiger partial charge < -0.3 is 50.9 Å². The van der Waals surface area contributed by atoms with Crippen molar-refractivity contribution in [2.75, 3.05) is 37.8 Å². The van der Waals surface area contributed by atoms with Gasteiger partial charge in [0.05, 0.1) is 13.2 Å². The zero-order chi connectivity index (χ0) is 38.5. The number of hydrogen-bond donors (Lipinski definition) is 10. The number of nitrogens with one attached hydrogen (secondary N) is 2. The summed E-state index contributed by atoms with van der Waals surface area (Å²) in [5, 5.41) is 26.3. The highest BCUT2D eigenvalue weighted by Gasteiger charge is 2.51. The minimum Gasteiger partial charge on any atom is -0.386 e. The van der Waals surface area contributed by atoms with Crippen LogP contribution >= 0.6 is 36.1 Å². The minimum atomic E-state index is -5.62. The molecule has 1 fully saturated rings. The molecule has 24 nitrogen and oxygen atoms in total. The molecule has 3 rings (SSSR count). The van der Waals surface area contributed by atoms with Crippen molar-refractivity contribution < 1.29 is 80.5 Å². The Morgan fingerprint density at radius 1 is 1.10 bits per heavy atom. The second kappa shape index (κ2) is 17.1. The lowest BCUT2D eigenvalue weighted by Gasteiger charge is -2.30. The minimum absolute atomic E-state index is 0.0986. The van der Waals surface area contributed by atoms with E-state index in [0.29, 0.717) is 12.3 Å². The highest BCUT2D eigenvalue weighted by atomic mass is 32.1. The Hall–Kier alpha value is -2.44. The van der Waals surface area contributed by atoms with Gasteiger partial charge in [-0.05, 0) is 0 Å². The van der Waals surface area contributed by atoms with Gasteiger partial charge in [-0.15, -0.1) is 0 Å². The molecule has 0 radical (unpaired) electrons. The number of nitrogen functional groups attached to an aromatic ring is 1. The van der Waals surface area contributed by atoms with E-state index in [1.165, 1.54) is 13.8 Å². The van der Waals surface area contributed by atoms with Gasteiger partial charge in [0.15, 0.2) is 34.8 Å². The fourth-order valence-electron chi connectivity index (χ4n) is 4.48. The molecule has 51 heavy (non-hydrogen) atoms. The number of nitrogens with two attached hydrogens (primary N) is 1. The van der Waals surface area contributed by atoms with Gasteiger partial charge in [-0.2, -0.15) is 16.9 Å². The number of amides is 2. The normalized spacial score (nSPS) is 22.6. The molecular formula is C23H38N7O17P3S. The van der Waals surface area contributed by atoms with Crippen molar-refractivity contribution >= 4 is 70.7 Å². The molecular weight excluding hydrogens is 771 g/mol. The molecule has 2 unspecified atom stereocenters. The van der Waals surface area contributed by atoms with Gasteiger partial charge >= 0.3 is 23.5 Å². The predicted octanol–water partition coefficient (Wildman–Crippen LogP) is -1.46. The first-order valence-electron chi connectivity index (χ1n) is 14.5. The second-order valence-corrected chi connectivity index (χ2v) is 16.2. The Morgan fingerprint density at radius 2 is 1.75 bits per heavy atom. The Labute approximate surface area is 294 Å². The number of rotatable bonds is 19. The van der Waals surface area contributed by atoms with Gasteiger partial charge in [0.1, 0.15) is 30.7 Å². The van der Waals surface area contributed by atoms with Crippen molar-refractivity contribution in [1.82, 2.24) is 30.2 Å². The number of thiol groups is 1. The summed E-state index contributed by atoms with van der Waals surface area (Å²) in [5.74, 6) is -2.20. The molecule has 288 valence electrons. The third-order valence-electron chi connectivity index (χ3n) is 6.93. The molecule has 0 saturated carbocycles. The maximum absolute atomic E-state index is 12.7. The van der Waals surface area contributed by atoms with Crippen LogP contribution < -0.4 is 16.4 Å². The van der Waals surface area contributed by atoms with E-state index < -0.39 is 84.4 Å². The largest absolute Gasteiger partial charge is 0.481 e. The number of aliphatic hydroxyl groups is 2. The molecule has 0 aliphatic carbocycles. The number of carbonyl (C=O) groups excluding carboxylic acids is 3. The van der Waals surface area contributed by atoms with Crippen molar-refractivity contribution in [2.24, 2.45) is 5.41 Å². The SMILES string of the molecule is CC(=O)c1nc2c(N)ncnc2n1[C@@H]1O[C@H](COP(=O)(O)OP(=O)(O)OCC(C)(C)[C@@H](O)C(=O)NCCC(=O)NCCS)[C@@H](OP(=O)(O)O)[C@H]1O. The summed E-state index contributed by atoms with van der Waals surface area (Å²) in [6.07, 6.45) is -8.63. The molecule has 1 saturated heterocycles. The summed E-state index contributed by atoms with van der Waals surface area (Å²) < 4.78 is 61.9. The molecule has 28 heteroatoms. The monoisotopic (exact) mass is 809 g/mol. The lowest BCUT2D eigenvalue weighted by Crippen LogP contribution is -2.46. The van der Waals surface area contributed by atoms with Gasteiger partial charge in [0, 0.05) is 37.6 Å². The Morgan fingerprint density at radius 3 is 2.35 bits per heavy atom. The van der Waals surface area contributed by atoms with Crippen molar-refractivity contribution in [1.29, 1.82) is 0 Å². The number of phosphoric ester groups is 3. The smallest absolute Gasteiger partial charge is 0.386 e. The van der Waals surface area contributed by atoms with Gasteiger partial charge in [0.25, 0.3) is 0 Å². The van der Waals surface area contributed by atoms with Crippen LogP contribution in [0.2, 0.25) is 0 Å². The lowest BCUT2D eigenvalue weighted by atomic mass is 9.87. The van der Waals surface area contributed by atoms with Crippen molar-refractivity contribution in [3.05, 3.63) is 12.2 Å². The summed E-state index contributed by atoms with van der Waals surface area (Å²) in [6.45, 7) is 1.64. The number of fused-ring (bicyclic) bond motifs is 1. The molecule has 7 atom stereocenters. The topological polar surface area (TPSA) is 364 Å². The van der Waals surface area contributed by atoms with E-state index in [1.807, 2.05) is 0 Å². The number of carbonyl (C=O) groups is 3. The molecule has 2 amide bonds. The summed E-state index contributed by atoms with van der Waals surface area (Å²) in [7, 11) is -16.5. The number of phosphoric acid groups is 3. The molecule has 1 aliphatic rings. The van der Waals surface area contributed by atoms with Gasteiger partial charge in [-0.1, -0.05) is 13.8 Å². The van der Waals surface area contributed by atoms with Crippen LogP contribution in [0.5, 0.6) is 0 Å². The van der Waals surface area contributed by atoms with E-state index in [9.17, 15) is 57.9 Å². The molecule has 0 aromatic carbocycles. The standard InChI is InChI=1S/C23H38N7O17P3S/c1-11(31)19-29-14-18(24)27-10-28-20(14)30(19)22-15(33)16(46-48(36,37)38)12(45-22)8-43-49(39,40)47-50(41,42)44-9-23(2,3)17(34)21(35)26-5-4-13(32)25-6-7-51/h10,12,15-17,22,33-34,51H,4-9H2,1-3H3,(H,25,32)(H,26,35)(H,39,40)(H,41,42)(H2,24,27,28)(H2,36,37,38)/t12-,15-,16-,17+,22-/m1/s1. The van der Waals surface area contributed by atoms with Crippen LogP contribution in [0.4, 0.5) is 5.82 Å². The Bertz CT molecular complexity index is 1740. The van der Waals surface area contributed by atoms with Gasteiger partial charge in [-0.25, -0.2) is 28.6 Å². The number of Topliss-reactive ketones (excluding diaryl/α,β-unsaturated/α-hetero) is 1. The maximum Gasteiger partial charge on any atom is 0.481 e. The highest BCUT2D eigenvalue weighted by molar-refractivity contribution is 7.80. The number of aliphatic hydroxyl groups excluding tert-OH is 2. The van der Waals surface area contributed by atoms with Crippen LogP contribution in [-0.4, -0.2) is 123 Å². The fourth-order valence-corrected chi connectivity index (χ4v) is 7.42. The maximum atomic E-state index is 12.7. The number of nitrogens with zero attached hydrogens (tertiary/aromatic N) is 4. The third-order valence-corrected chi connectivity index (χ3v) is 10.2. The van der Waals surface area contributed by atoms with Crippen molar-refractivity contribution in [3.63, 3.8) is 0 Å². The number of aromatic nitrogens is 4. The molecule has 3 heterocycles. The van der Waals surface area contributed by atoms with Crippen LogP contribution in [0.25, 0.3) is 11.2 Å². The predicted molar refractivity (Wildman–Crippen MR) is 173 cm³/mol. The van der Waals surface area contributed by atoms with E-state index in [1.54, 1.807) is 0 Å². The first-order chi connectivity index (χ1) is 23.5. The van der Waals surface area contributed by atoms with Crippen molar-refractivity contribution in [3.8, 4) is 0 Å². The first-order valence-corrected chi connectivity index (χ1v) is 19.7. The summed E-state index contributed by atoms with van der Waals surface area (Å²) in [4.78, 5) is 87.4. The average molecular weight is 810 g/mol. The van der Waals surface area contributed by atoms with E-state index in [4.69, 9.17) is 19.5 Å². The van der Waals surface area contributed by atoms with Gasteiger partial charge in [-0.3, -0.25) is 32.5 Å². The van der Waals surface area contributed by atoms with Crippen LogP contribution in [0.1, 0.15) is 44.0 Å². The second-order valence-electron chi connectivity index (χ2n) is 11.5. The summed E-state index contributed by atoms with van der Waals surface area (Å²) in [5.41, 5.74) is 3.95. The van der Waals surface area contributed by atoms with Crippen LogP contribution in [0.3, 0.4) is 0 Å². The molecule has 2 aromatic heterocycles. The van der Waals surface area contributed by atoms with Crippen LogP contribution in [-0.2, 0) is 45.9 Å². The van der Waals surface area contributed by atoms with E-state index >= 15 is 0 Å². The number of anilines is 1. The van der Waals surface area contributed by atoms with E-state index in [0.717, 1.165) is 17.8 Å². The third kappa shape index (κ3) is 11.8. The summed E-state index contributed by atoms with van der Waals surface area (Å²) >= 11 is 3.95. The van der Waals surface area contributed by atoms with Crippen LogP contribution in [0.15, 0.2) is 6.33 Å². The average Bonchev–Trinajstić information content (AvgIpc) is 3.54. The summed E-state index contributed by atoms with van der Waals surface area (Å²) in [6, 6.07) is 0. The zero-order valence-corrected chi connectivity index (χ0v) is 30.6. The lowest BCUT2D eigenvalue weighted by molar-refractivity contribution is -0.137. The van der Waals surface area contributed by atoms with Crippen molar-refractivity contribution in [2.45, 2.75) is 57.8 Å². The number of ketones is 1. The highest BCUT2D eigenvalue weighted by Crippen LogP contribution is 2.61. The van der Waals surface area contributed by atoms with E-state index in [2.05, 4.69) is 47.0 Å². The zero-order valence-electron chi connectivity index (χ0n) is 27.0. The van der Waals surface area contributed by atoms with E-state index in [-0.39, 0.29) is 41.7 Å². The van der Waals surface area contributed by atoms with Gasteiger partial charge in [0.2, 0.25) is 11.8 Å². The molecule has 1 aliphatic heterocycles. The Kier molecular flexibility index (Phi) is 14.4. The molecule has 0 bridgehead atoms. The Balaban J connectivity index is 1.68. The molecule has 2 aromatic rings.